The van der Waals surface area contributed by atoms with Crippen molar-refractivity contribution >= 4 is 17.7 Å². The van der Waals surface area contributed by atoms with Crippen LogP contribution in [0.5, 0.6) is 0 Å². The van der Waals surface area contributed by atoms with E-state index in [1.165, 1.54) is 58.0 Å². The average Bonchev–Trinajstić information content (AvgIpc) is 3.23. The van der Waals surface area contributed by atoms with Gasteiger partial charge in [0.2, 0.25) is 0 Å². The summed E-state index contributed by atoms with van der Waals surface area (Å²) in [7, 11) is 0. The van der Waals surface area contributed by atoms with Crippen LogP contribution >= 0.6 is 11.8 Å². The molecule has 0 N–H and O–H groups in total. The van der Waals surface area contributed by atoms with E-state index in [1.54, 1.807) is 0 Å². The van der Waals surface area contributed by atoms with Gasteiger partial charge in [-0.05, 0) is 75.6 Å². The highest BCUT2D eigenvalue weighted by Gasteiger charge is 2.29. The maximum Gasteiger partial charge on any atom is 0.256 e. The Balaban J connectivity index is 1.37. The molecule has 4 rings (SSSR count). The van der Waals surface area contributed by atoms with Crippen LogP contribution in [0, 0.1) is 11.8 Å². The van der Waals surface area contributed by atoms with Crippen LogP contribution in [0.2, 0.25) is 0 Å². The molecule has 154 valence electrons. The quantitative estimate of drug-likeness (QED) is 0.716. The Labute approximate surface area is 174 Å². The zero-order chi connectivity index (χ0) is 19.3. The van der Waals surface area contributed by atoms with Crippen molar-refractivity contribution in [2.45, 2.75) is 68.6 Å². The van der Waals surface area contributed by atoms with Gasteiger partial charge in [0.15, 0.2) is 0 Å². The number of hydrogen-bond donors (Lipinski definition) is 0. The third-order valence-corrected chi connectivity index (χ3v) is 8.13. The van der Waals surface area contributed by atoms with Crippen molar-refractivity contribution < 1.29 is 4.79 Å². The van der Waals surface area contributed by atoms with E-state index >= 15 is 0 Å². The number of carbonyl (C=O) groups is 1. The topological polar surface area (TPSA) is 36.4 Å². The highest BCUT2D eigenvalue weighted by atomic mass is 32.2. The zero-order valence-electron chi connectivity index (χ0n) is 17.3. The number of aromatic nitrogens is 1. The zero-order valence-corrected chi connectivity index (χ0v) is 18.1. The first kappa shape index (κ1) is 20.2. The second-order valence-corrected chi connectivity index (χ2v) is 10.4. The van der Waals surface area contributed by atoms with Gasteiger partial charge in [0, 0.05) is 31.1 Å². The molecule has 28 heavy (non-hydrogen) atoms. The van der Waals surface area contributed by atoms with Crippen LogP contribution in [-0.4, -0.2) is 58.7 Å². The Morgan fingerprint density at radius 1 is 1.11 bits per heavy atom. The molecule has 3 aliphatic rings. The number of likely N-dealkylation sites (tertiary alicyclic amines) is 2. The molecule has 0 aromatic carbocycles. The predicted molar refractivity (Wildman–Crippen MR) is 116 cm³/mol. The summed E-state index contributed by atoms with van der Waals surface area (Å²) in [5, 5.41) is 1.59. The van der Waals surface area contributed by atoms with Crippen molar-refractivity contribution in [2.75, 3.05) is 32.7 Å². The third-order valence-electron chi connectivity index (χ3n) is 6.78. The summed E-state index contributed by atoms with van der Waals surface area (Å²) in [6.07, 6.45) is 12.0. The molecule has 5 heteroatoms. The molecule has 1 aromatic heterocycles. The summed E-state index contributed by atoms with van der Waals surface area (Å²) in [6, 6.07) is 3.91. The monoisotopic (exact) mass is 401 g/mol. The van der Waals surface area contributed by atoms with Gasteiger partial charge in [-0.3, -0.25) is 4.79 Å². The van der Waals surface area contributed by atoms with E-state index in [2.05, 4.69) is 21.7 Å². The highest BCUT2D eigenvalue weighted by molar-refractivity contribution is 7.99. The lowest BCUT2D eigenvalue weighted by Gasteiger charge is -2.38. The molecule has 1 aromatic rings. The number of pyridine rings is 1. The van der Waals surface area contributed by atoms with Gasteiger partial charge < -0.3 is 9.80 Å². The summed E-state index contributed by atoms with van der Waals surface area (Å²) in [5.74, 6) is 1.70. The molecule has 0 radical (unpaired) electrons. The normalized spacial score (nSPS) is 25.3. The molecule has 1 unspecified atom stereocenters. The number of piperidine rings is 2. The summed E-state index contributed by atoms with van der Waals surface area (Å²) in [4.78, 5) is 22.7. The van der Waals surface area contributed by atoms with Crippen LogP contribution in [0.25, 0.3) is 0 Å². The van der Waals surface area contributed by atoms with Crippen molar-refractivity contribution in [1.82, 2.24) is 14.8 Å². The Hall–Kier alpha value is -1.07. The fourth-order valence-corrected chi connectivity index (χ4v) is 6.28. The van der Waals surface area contributed by atoms with Crippen LogP contribution in [0.4, 0.5) is 0 Å². The molecule has 1 aliphatic carbocycles. The smallest absolute Gasteiger partial charge is 0.256 e. The van der Waals surface area contributed by atoms with Gasteiger partial charge in [-0.25, -0.2) is 4.98 Å². The van der Waals surface area contributed by atoms with Crippen molar-refractivity contribution in [3.8, 4) is 0 Å². The fourth-order valence-electron chi connectivity index (χ4n) is 4.99. The van der Waals surface area contributed by atoms with Crippen LogP contribution < -0.4 is 0 Å². The minimum atomic E-state index is 0.200. The van der Waals surface area contributed by atoms with E-state index in [-0.39, 0.29) is 5.91 Å². The second kappa shape index (κ2) is 9.62. The number of rotatable bonds is 5. The molecule has 1 atom stereocenters. The van der Waals surface area contributed by atoms with Crippen LogP contribution in [-0.2, 0) is 0 Å². The van der Waals surface area contributed by atoms with Gasteiger partial charge in [-0.1, -0.05) is 19.8 Å². The lowest BCUT2D eigenvalue weighted by Crippen LogP contribution is -2.45. The molecule has 0 spiro atoms. The Morgan fingerprint density at radius 2 is 1.89 bits per heavy atom. The third kappa shape index (κ3) is 5.10. The van der Waals surface area contributed by atoms with Gasteiger partial charge in [-0.2, -0.15) is 0 Å². The van der Waals surface area contributed by atoms with Crippen molar-refractivity contribution in [2.24, 2.45) is 11.8 Å². The summed E-state index contributed by atoms with van der Waals surface area (Å²) in [5.41, 5.74) is 0.826. The molecule has 2 aliphatic heterocycles. The minimum absolute atomic E-state index is 0.200. The van der Waals surface area contributed by atoms with E-state index in [0.717, 1.165) is 42.6 Å². The van der Waals surface area contributed by atoms with E-state index in [4.69, 9.17) is 0 Å². The lowest BCUT2D eigenvalue weighted by molar-refractivity contribution is 0.0618. The summed E-state index contributed by atoms with van der Waals surface area (Å²) < 4.78 is 0. The van der Waals surface area contributed by atoms with Crippen molar-refractivity contribution in [3.05, 3.63) is 23.9 Å². The second-order valence-electron chi connectivity index (χ2n) is 9.12. The molecular formula is C23H35N3OS. The van der Waals surface area contributed by atoms with Gasteiger partial charge >= 0.3 is 0 Å². The number of amides is 1. The molecule has 0 bridgehead atoms. The molecule has 1 saturated carbocycles. The summed E-state index contributed by atoms with van der Waals surface area (Å²) >= 11 is 1.83. The summed E-state index contributed by atoms with van der Waals surface area (Å²) in [6.45, 7) is 7.80. The molecule has 1 amide bonds. The molecule has 3 heterocycles. The number of carbonyl (C=O) groups excluding carboxylic acids is 1. The SMILES string of the molecule is CC1CCN(CC2CCCN(C(=O)c3cccnc3SC3CCCC3)C2)CC1. The van der Waals surface area contributed by atoms with E-state index in [9.17, 15) is 4.79 Å². The first-order chi connectivity index (χ1) is 13.7. The first-order valence-corrected chi connectivity index (χ1v) is 12.2. The molecule has 4 nitrogen and oxygen atoms in total. The fraction of sp³-hybridized carbons (Fsp3) is 0.739. The van der Waals surface area contributed by atoms with E-state index < -0.39 is 0 Å². The van der Waals surface area contributed by atoms with Crippen molar-refractivity contribution in [1.29, 1.82) is 0 Å². The van der Waals surface area contributed by atoms with Crippen LogP contribution in [0.1, 0.15) is 68.6 Å². The van der Waals surface area contributed by atoms with Crippen LogP contribution in [0.15, 0.2) is 23.4 Å². The maximum atomic E-state index is 13.3. The van der Waals surface area contributed by atoms with Gasteiger partial charge in [0.05, 0.1) is 5.56 Å². The van der Waals surface area contributed by atoms with Gasteiger partial charge in [0.25, 0.3) is 5.91 Å². The maximum absolute atomic E-state index is 13.3. The Morgan fingerprint density at radius 3 is 2.68 bits per heavy atom. The molecule has 3 fully saturated rings. The van der Waals surface area contributed by atoms with Gasteiger partial charge in [0.1, 0.15) is 5.03 Å². The van der Waals surface area contributed by atoms with Crippen LogP contribution in [0.3, 0.4) is 0 Å². The Kier molecular flexibility index (Phi) is 6.94. The lowest BCUT2D eigenvalue weighted by atomic mass is 9.94. The van der Waals surface area contributed by atoms with Gasteiger partial charge in [-0.15, -0.1) is 11.8 Å². The average molecular weight is 402 g/mol. The highest BCUT2D eigenvalue weighted by Crippen LogP contribution is 2.35. The number of nitrogens with zero attached hydrogens (tertiary/aromatic N) is 3. The Bertz CT molecular complexity index is 653. The molecule has 2 saturated heterocycles. The largest absolute Gasteiger partial charge is 0.338 e. The minimum Gasteiger partial charge on any atom is -0.338 e. The van der Waals surface area contributed by atoms with E-state index in [1.807, 2.05) is 30.1 Å². The first-order valence-electron chi connectivity index (χ1n) is 11.3. The predicted octanol–water partition coefficient (Wildman–Crippen LogP) is 4.70. The van der Waals surface area contributed by atoms with Crippen molar-refractivity contribution in [3.63, 3.8) is 0 Å². The van der Waals surface area contributed by atoms with E-state index in [0.29, 0.717) is 11.2 Å². The number of hydrogen-bond acceptors (Lipinski definition) is 4. The number of thioether (sulfide) groups is 1. The molecular weight excluding hydrogens is 366 g/mol. The standard InChI is InChI=1S/C23H35N3OS/c1-18-10-14-25(15-11-18)16-19-6-5-13-26(17-19)23(27)21-9-4-12-24-22(21)28-20-7-2-3-8-20/h4,9,12,18-20H,2-3,5-8,10-11,13-17H2,1H3.